The lowest BCUT2D eigenvalue weighted by Crippen LogP contribution is -2.12. The van der Waals surface area contributed by atoms with E-state index in [4.69, 9.17) is 17.3 Å². The molecule has 3 N–H and O–H groups in total. The van der Waals surface area contributed by atoms with Gasteiger partial charge in [0.05, 0.1) is 22.6 Å². The maximum Gasteiger partial charge on any atom is 0.138 e. The number of imidazole rings is 1. The van der Waals surface area contributed by atoms with Crippen LogP contribution in [0.25, 0.3) is 22.4 Å². The number of benzene rings is 2. The van der Waals surface area contributed by atoms with Gasteiger partial charge in [0.15, 0.2) is 0 Å². The first kappa shape index (κ1) is 14.1. The van der Waals surface area contributed by atoms with Gasteiger partial charge in [0.25, 0.3) is 0 Å². The summed E-state index contributed by atoms with van der Waals surface area (Å²) in [5.74, 6) is 1.43. The molecule has 3 rings (SSSR count). The van der Waals surface area contributed by atoms with Crippen LogP contribution in [0.3, 0.4) is 0 Å². The van der Waals surface area contributed by atoms with Gasteiger partial charge in [-0.15, -0.1) is 11.6 Å². The average molecular weight is 364 g/mol. The second-order valence-electron chi connectivity index (χ2n) is 4.53. The van der Waals surface area contributed by atoms with E-state index in [-0.39, 0.29) is 5.88 Å². The quantitative estimate of drug-likeness (QED) is 0.415. The zero-order valence-electron chi connectivity index (χ0n) is 11.0. The van der Waals surface area contributed by atoms with Crippen LogP contribution in [-0.4, -0.2) is 21.7 Å². The monoisotopic (exact) mass is 362 g/mol. The summed E-state index contributed by atoms with van der Waals surface area (Å²) in [6.45, 7) is 0. The predicted octanol–water partition coefficient (Wildman–Crippen LogP) is 4.22. The van der Waals surface area contributed by atoms with Crippen molar-refractivity contribution in [2.75, 3.05) is 5.88 Å². The Labute approximate surface area is 135 Å². The lowest BCUT2D eigenvalue weighted by Gasteiger charge is -1.96. The van der Waals surface area contributed by atoms with Gasteiger partial charge in [0, 0.05) is 10.0 Å². The molecular formula is C15H12BrClN4. The SMILES string of the molecule is NC(CCl)=Nc1ccc2nc(-c3ccc(Br)cc3)[nH]c2c1. The van der Waals surface area contributed by atoms with Crippen molar-refractivity contribution < 1.29 is 0 Å². The summed E-state index contributed by atoms with van der Waals surface area (Å²) in [6.07, 6.45) is 0. The predicted molar refractivity (Wildman–Crippen MR) is 91.2 cm³/mol. The second-order valence-corrected chi connectivity index (χ2v) is 5.71. The summed E-state index contributed by atoms with van der Waals surface area (Å²) >= 11 is 9.06. The number of aromatic amines is 1. The summed E-state index contributed by atoms with van der Waals surface area (Å²) < 4.78 is 1.04. The summed E-state index contributed by atoms with van der Waals surface area (Å²) in [5, 5.41) is 0. The minimum Gasteiger partial charge on any atom is -0.386 e. The highest BCUT2D eigenvalue weighted by Crippen LogP contribution is 2.25. The first-order valence-corrected chi connectivity index (χ1v) is 7.63. The summed E-state index contributed by atoms with van der Waals surface area (Å²) in [6, 6.07) is 13.7. The van der Waals surface area contributed by atoms with Crippen LogP contribution in [0, 0.1) is 0 Å². The molecule has 0 amide bonds. The minimum absolute atomic E-state index is 0.213. The fourth-order valence-corrected chi connectivity index (χ4v) is 2.33. The fourth-order valence-electron chi connectivity index (χ4n) is 2.01. The molecule has 0 aliphatic heterocycles. The molecule has 0 saturated heterocycles. The van der Waals surface area contributed by atoms with Crippen LogP contribution in [0.5, 0.6) is 0 Å². The number of nitrogens with one attached hydrogen (secondary N) is 1. The molecule has 4 nitrogen and oxygen atoms in total. The van der Waals surface area contributed by atoms with E-state index in [2.05, 4.69) is 30.9 Å². The van der Waals surface area contributed by atoms with Gasteiger partial charge in [0.1, 0.15) is 11.7 Å². The summed E-state index contributed by atoms with van der Waals surface area (Å²) in [5.41, 5.74) is 9.23. The highest BCUT2D eigenvalue weighted by atomic mass is 79.9. The number of hydrogen-bond acceptors (Lipinski definition) is 2. The Morgan fingerprint density at radius 1 is 1.24 bits per heavy atom. The first-order valence-electron chi connectivity index (χ1n) is 6.30. The molecule has 0 fully saturated rings. The summed E-state index contributed by atoms with van der Waals surface area (Å²) in [4.78, 5) is 12.1. The number of nitrogens with two attached hydrogens (primary N) is 1. The minimum atomic E-state index is 0.213. The second kappa shape index (κ2) is 5.87. The van der Waals surface area contributed by atoms with Crippen molar-refractivity contribution in [3.8, 4) is 11.4 Å². The molecule has 0 aliphatic rings. The number of nitrogens with zero attached hydrogens (tertiary/aromatic N) is 2. The highest BCUT2D eigenvalue weighted by molar-refractivity contribution is 9.10. The molecule has 2 aromatic carbocycles. The Morgan fingerprint density at radius 3 is 2.71 bits per heavy atom. The van der Waals surface area contributed by atoms with E-state index in [1.807, 2.05) is 42.5 Å². The van der Waals surface area contributed by atoms with Crippen molar-refractivity contribution in [2.24, 2.45) is 10.7 Å². The molecule has 1 heterocycles. The van der Waals surface area contributed by atoms with Crippen molar-refractivity contribution >= 4 is 50.1 Å². The van der Waals surface area contributed by atoms with Gasteiger partial charge >= 0.3 is 0 Å². The van der Waals surface area contributed by atoms with E-state index in [0.29, 0.717) is 5.84 Å². The first-order chi connectivity index (χ1) is 10.2. The number of rotatable bonds is 3. The number of alkyl halides is 1. The molecule has 1 aromatic heterocycles. The van der Waals surface area contributed by atoms with Crippen molar-refractivity contribution in [3.63, 3.8) is 0 Å². The van der Waals surface area contributed by atoms with Crippen molar-refractivity contribution in [1.29, 1.82) is 0 Å². The third-order valence-corrected chi connectivity index (χ3v) is 3.80. The molecule has 3 aromatic rings. The molecule has 0 spiro atoms. The van der Waals surface area contributed by atoms with Crippen molar-refractivity contribution in [3.05, 3.63) is 46.9 Å². The molecule has 0 saturated carbocycles. The van der Waals surface area contributed by atoms with Gasteiger partial charge in [-0.25, -0.2) is 9.98 Å². The lowest BCUT2D eigenvalue weighted by molar-refractivity contribution is 1.33. The number of halogens is 2. The number of aliphatic imine (C=N–C) groups is 1. The zero-order chi connectivity index (χ0) is 14.8. The van der Waals surface area contributed by atoms with E-state index in [0.717, 1.165) is 32.6 Å². The van der Waals surface area contributed by atoms with Crippen LogP contribution < -0.4 is 5.73 Å². The van der Waals surface area contributed by atoms with Gasteiger partial charge in [0.2, 0.25) is 0 Å². The van der Waals surface area contributed by atoms with Gasteiger partial charge in [-0.2, -0.15) is 0 Å². The fraction of sp³-hybridized carbons (Fsp3) is 0.0667. The van der Waals surface area contributed by atoms with Gasteiger partial charge in [-0.1, -0.05) is 28.1 Å². The average Bonchev–Trinajstić information content (AvgIpc) is 2.91. The number of H-pyrrole nitrogens is 1. The Bertz CT molecular complexity index is 808. The molecule has 106 valence electrons. The van der Waals surface area contributed by atoms with Crippen LogP contribution in [0.4, 0.5) is 5.69 Å². The van der Waals surface area contributed by atoms with E-state index in [1.165, 1.54) is 0 Å². The Balaban J connectivity index is 2.02. The lowest BCUT2D eigenvalue weighted by atomic mass is 10.2. The van der Waals surface area contributed by atoms with E-state index >= 15 is 0 Å². The molecular weight excluding hydrogens is 352 g/mol. The van der Waals surface area contributed by atoms with Crippen molar-refractivity contribution in [2.45, 2.75) is 0 Å². The number of fused-ring (bicyclic) bond motifs is 1. The maximum absolute atomic E-state index is 5.65. The maximum atomic E-state index is 5.65. The topological polar surface area (TPSA) is 67.1 Å². The molecule has 0 bridgehead atoms. The number of aromatic nitrogens is 2. The van der Waals surface area contributed by atoms with Gasteiger partial charge in [-0.05, 0) is 30.3 Å². The van der Waals surface area contributed by atoms with E-state index in [1.54, 1.807) is 0 Å². The molecule has 0 atom stereocenters. The number of amidine groups is 1. The van der Waals surface area contributed by atoms with Crippen LogP contribution in [0.15, 0.2) is 51.9 Å². The smallest absolute Gasteiger partial charge is 0.138 e. The van der Waals surface area contributed by atoms with Crippen LogP contribution >= 0.6 is 27.5 Å². The normalized spacial score (nSPS) is 12.0. The van der Waals surface area contributed by atoms with E-state index < -0.39 is 0 Å². The molecule has 0 unspecified atom stereocenters. The molecule has 21 heavy (non-hydrogen) atoms. The molecule has 6 heteroatoms. The van der Waals surface area contributed by atoms with Gasteiger partial charge < -0.3 is 10.7 Å². The molecule has 0 radical (unpaired) electrons. The largest absolute Gasteiger partial charge is 0.386 e. The number of hydrogen-bond donors (Lipinski definition) is 2. The van der Waals surface area contributed by atoms with Crippen molar-refractivity contribution in [1.82, 2.24) is 9.97 Å². The van der Waals surface area contributed by atoms with Gasteiger partial charge in [-0.3, -0.25) is 0 Å². The summed E-state index contributed by atoms with van der Waals surface area (Å²) in [7, 11) is 0. The standard InChI is InChI=1S/C15H12BrClN4/c16-10-3-1-9(2-4-10)15-20-12-6-5-11(7-13(12)21-15)19-14(18)8-17/h1-7H,8H2,(H2,18,19)(H,20,21). The van der Waals surface area contributed by atoms with Crippen LogP contribution in [0.2, 0.25) is 0 Å². The Morgan fingerprint density at radius 2 is 2.00 bits per heavy atom. The highest BCUT2D eigenvalue weighted by Gasteiger charge is 2.06. The third-order valence-electron chi connectivity index (χ3n) is 2.99. The van der Waals surface area contributed by atoms with E-state index in [9.17, 15) is 0 Å². The molecule has 0 aliphatic carbocycles. The zero-order valence-corrected chi connectivity index (χ0v) is 13.3. The third kappa shape index (κ3) is 3.09. The van der Waals surface area contributed by atoms with Crippen LogP contribution in [-0.2, 0) is 0 Å². The van der Waals surface area contributed by atoms with Crippen LogP contribution in [0.1, 0.15) is 0 Å². The Kier molecular flexibility index (Phi) is 3.94. The Hall–Kier alpha value is -1.85.